The summed E-state index contributed by atoms with van der Waals surface area (Å²) in [6, 6.07) is 2.66. The lowest BCUT2D eigenvalue weighted by atomic mass is 9.85. The number of ether oxygens (including phenoxy) is 1. The van der Waals surface area contributed by atoms with Crippen molar-refractivity contribution < 1.29 is 22.7 Å². The maximum absolute atomic E-state index is 12.5. The largest absolute Gasteiger partial charge is 0.489 e. The molecule has 1 aliphatic heterocycles. The predicted octanol–water partition coefficient (Wildman–Crippen LogP) is 4.36. The molecule has 0 aromatic heterocycles. The van der Waals surface area contributed by atoms with Gasteiger partial charge in [0.25, 0.3) is 0 Å². The van der Waals surface area contributed by atoms with Crippen LogP contribution >= 0.6 is 23.2 Å². The van der Waals surface area contributed by atoms with Gasteiger partial charge >= 0.3 is 12.1 Å². The third-order valence-electron chi connectivity index (χ3n) is 4.35. The molecular weight excluding hydrogens is 392 g/mol. The number of benzene rings is 1. The molecule has 1 fully saturated rings. The highest BCUT2D eigenvalue weighted by atomic mass is 35.5. The Morgan fingerprint density at radius 2 is 1.92 bits per heavy atom. The number of likely N-dealkylation sites (tertiary alicyclic amines) is 1. The summed E-state index contributed by atoms with van der Waals surface area (Å²) in [5, 5.41) is 0.625. The molecule has 0 radical (unpaired) electrons. The fraction of sp³-hybridized carbons (Fsp3) is 0.471. The average Bonchev–Trinajstić information content (AvgIpc) is 2.60. The Hall–Kier alpha value is -1.44. The van der Waals surface area contributed by atoms with E-state index in [0.29, 0.717) is 34.2 Å². The molecule has 144 valence electrons. The van der Waals surface area contributed by atoms with Crippen molar-refractivity contribution in [2.24, 2.45) is 11.7 Å². The summed E-state index contributed by atoms with van der Waals surface area (Å²) < 4.78 is 43.2. The van der Waals surface area contributed by atoms with Crippen LogP contribution in [0.5, 0.6) is 5.75 Å². The van der Waals surface area contributed by atoms with Crippen molar-refractivity contribution >= 4 is 29.1 Å². The van der Waals surface area contributed by atoms with Gasteiger partial charge < -0.3 is 15.4 Å². The molecule has 26 heavy (non-hydrogen) atoms. The summed E-state index contributed by atoms with van der Waals surface area (Å²) in [4.78, 5) is 12.1. The summed E-state index contributed by atoms with van der Waals surface area (Å²) in [5.41, 5.74) is 6.96. The highest BCUT2D eigenvalue weighted by molar-refractivity contribution is 6.42. The number of nitrogens with two attached hydrogens (primary N) is 1. The zero-order valence-corrected chi connectivity index (χ0v) is 15.4. The summed E-state index contributed by atoms with van der Waals surface area (Å²) >= 11 is 12.1. The minimum absolute atomic E-state index is 0.000873. The number of nitrogens with zero attached hydrogens (tertiary/aromatic N) is 1. The molecule has 4 nitrogen and oxygen atoms in total. The van der Waals surface area contributed by atoms with Gasteiger partial charge in [-0.15, -0.1) is 0 Å². The molecule has 0 saturated carbocycles. The van der Waals surface area contributed by atoms with Crippen LogP contribution < -0.4 is 10.5 Å². The second-order valence-corrected chi connectivity index (χ2v) is 6.87. The van der Waals surface area contributed by atoms with Crippen LogP contribution in [0.1, 0.15) is 24.4 Å². The van der Waals surface area contributed by atoms with Crippen LogP contribution in [-0.4, -0.2) is 36.7 Å². The minimum atomic E-state index is -4.86. The van der Waals surface area contributed by atoms with E-state index in [2.05, 4.69) is 6.58 Å². The quantitative estimate of drug-likeness (QED) is 0.733. The Bertz CT molecular complexity index is 675. The number of hydrogen-bond acceptors (Lipinski definition) is 3. The van der Waals surface area contributed by atoms with Crippen molar-refractivity contribution in [3.05, 3.63) is 40.4 Å². The molecule has 1 aliphatic rings. The number of carbonyl (C=O) groups is 1. The molecule has 0 spiro atoms. The van der Waals surface area contributed by atoms with Gasteiger partial charge in [0.1, 0.15) is 12.4 Å². The van der Waals surface area contributed by atoms with Crippen LogP contribution in [-0.2, 0) is 4.79 Å². The topological polar surface area (TPSA) is 55.6 Å². The first-order chi connectivity index (χ1) is 12.1. The summed E-state index contributed by atoms with van der Waals surface area (Å²) in [6.07, 6.45) is -2.59. The maximum atomic E-state index is 12.5. The van der Waals surface area contributed by atoms with Gasteiger partial charge in [0.05, 0.1) is 10.0 Å². The Kier molecular flexibility index (Phi) is 6.82. The van der Waals surface area contributed by atoms with E-state index < -0.39 is 18.1 Å². The monoisotopic (exact) mass is 410 g/mol. The molecule has 0 aliphatic carbocycles. The lowest BCUT2D eigenvalue weighted by Crippen LogP contribution is -2.46. The SMILES string of the molecule is C=CCOc1cc(Cl)c(Cl)cc1C(N)C1CCN(C(=O)C(F)(F)F)CC1. The third-order valence-corrected chi connectivity index (χ3v) is 5.07. The molecule has 1 aromatic rings. The Balaban J connectivity index is 2.13. The van der Waals surface area contributed by atoms with Gasteiger partial charge in [-0.05, 0) is 24.8 Å². The highest BCUT2D eigenvalue weighted by Gasteiger charge is 2.43. The highest BCUT2D eigenvalue weighted by Crippen LogP contribution is 2.38. The van der Waals surface area contributed by atoms with Gasteiger partial charge in [0.15, 0.2) is 0 Å². The first-order valence-corrected chi connectivity index (χ1v) is 8.75. The lowest BCUT2D eigenvalue weighted by molar-refractivity contribution is -0.186. The number of amides is 1. The van der Waals surface area contributed by atoms with Gasteiger partial charge in [-0.3, -0.25) is 4.79 Å². The first-order valence-electron chi connectivity index (χ1n) is 7.99. The molecule has 1 amide bonds. The van der Waals surface area contributed by atoms with Crippen LogP contribution in [0, 0.1) is 5.92 Å². The van der Waals surface area contributed by atoms with Gasteiger partial charge in [0, 0.05) is 30.8 Å². The molecule has 1 saturated heterocycles. The second kappa shape index (κ2) is 8.50. The van der Waals surface area contributed by atoms with Crippen LogP contribution in [0.4, 0.5) is 13.2 Å². The molecule has 2 N–H and O–H groups in total. The summed E-state index contributed by atoms with van der Waals surface area (Å²) in [5.74, 6) is -1.47. The van der Waals surface area contributed by atoms with E-state index >= 15 is 0 Å². The molecule has 1 aromatic carbocycles. The van der Waals surface area contributed by atoms with Crippen molar-refractivity contribution in [1.82, 2.24) is 4.90 Å². The minimum Gasteiger partial charge on any atom is -0.489 e. The van der Waals surface area contributed by atoms with E-state index in [-0.39, 0.29) is 25.6 Å². The van der Waals surface area contributed by atoms with Crippen molar-refractivity contribution in [2.75, 3.05) is 19.7 Å². The van der Waals surface area contributed by atoms with Crippen molar-refractivity contribution in [3.63, 3.8) is 0 Å². The average molecular weight is 411 g/mol. The standard InChI is InChI=1S/C17H19Cl2F3N2O2/c1-2-7-26-14-9-13(19)12(18)8-11(14)15(23)10-3-5-24(6-4-10)16(25)17(20,21)22/h2,8-10,15H,1,3-7,23H2. The van der Waals surface area contributed by atoms with E-state index in [0.717, 1.165) is 4.90 Å². The van der Waals surface area contributed by atoms with Crippen LogP contribution in [0.3, 0.4) is 0 Å². The second-order valence-electron chi connectivity index (χ2n) is 6.06. The van der Waals surface area contributed by atoms with Gasteiger partial charge in [-0.1, -0.05) is 35.9 Å². The number of hydrogen-bond donors (Lipinski definition) is 1. The summed E-state index contributed by atoms with van der Waals surface area (Å²) in [6.45, 7) is 3.83. The normalized spacial score (nSPS) is 17.1. The van der Waals surface area contributed by atoms with Gasteiger partial charge in [0.2, 0.25) is 0 Å². The molecule has 1 heterocycles. The summed E-state index contributed by atoms with van der Waals surface area (Å²) in [7, 11) is 0. The van der Waals surface area contributed by atoms with E-state index in [1.54, 1.807) is 18.2 Å². The molecule has 0 bridgehead atoms. The number of rotatable bonds is 5. The van der Waals surface area contributed by atoms with Crippen LogP contribution in [0.25, 0.3) is 0 Å². The van der Waals surface area contributed by atoms with Crippen molar-refractivity contribution in [1.29, 1.82) is 0 Å². The smallest absolute Gasteiger partial charge is 0.471 e. The van der Waals surface area contributed by atoms with Crippen molar-refractivity contribution in [3.8, 4) is 5.75 Å². The maximum Gasteiger partial charge on any atom is 0.471 e. The number of carbonyl (C=O) groups excluding carboxylic acids is 1. The molecular formula is C17H19Cl2F3N2O2. The molecule has 2 rings (SSSR count). The molecule has 9 heteroatoms. The lowest BCUT2D eigenvalue weighted by Gasteiger charge is -2.35. The zero-order chi connectivity index (χ0) is 19.5. The Morgan fingerprint density at radius 1 is 1.35 bits per heavy atom. The van der Waals surface area contributed by atoms with Gasteiger partial charge in [-0.2, -0.15) is 13.2 Å². The van der Waals surface area contributed by atoms with Crippen molar-refractivity contribution in [2.45, 2.75) is 25.1 Å². The zero-order valence-electron chi connectivity index (χ0n) is 13.9. The third kappa shape index (κ3) is 4.84. The number of alkyl halides is 3. The number of piperidine rings is 1. The van der Waals surface area contributed by atoms with E-state index in [1.807, 2.05) is 0 Å². The van der Waals surface area contributed by atoms with E-state index in [4.69, 9.17) is 33.7 Å². The molecule has 1 unspecified atom stereocenters. The van der Waals surface area contributed by atoms with Crippen LogP contribution in [0.15, 0.2) is 24.8 Å². The van der Waals surface area contributed by atoms with Gasteiger partial charge in [-0.25, -0.2) is 0 Å². The predicted molar refractivity (Wildman–Crippen MR) is 94.4 cm³/mol. The van der Waals surface area contributed by atoms with E-state index in [1.165, 1.54) is 0 Å². The van der Waals surface area contributed by atoms with E-state index in [9.17, 15) is 18.0 Å². The fourth-order valence-electron chi connectivity index (χ4n) is 2.97. The first kappa shape index (κ1) is 20.9. The fourth-order valence-corrected chi connectivity index (χ4v) is 3.30. The number of halogens is 5. The molecule has 1 atom stereocenters. The van der Waals surface area contributed by atoms with Crippen LogP contribution in [0.2, 0.25) is 10.0 Å². The Labute approximate surface area is 159 Å². The Morgan fingerprint density at radius 3 is 2.46 bits per heavy atom.